The van der Waals surface area contributed by atoms with Gasteiger partial charge in [0.2, 0.25) is 0 Å². The van der Waals surface area contributed by atoms with E-state index < -0.39 is 5.91 Å². The molecule has 1 unspecified atom stereocenters. The van der Waals surface area contributed by atoms with E-state index in [0.717, 1.165) is 10.2 Å². The van der Waals surface area contributed by atoms with Crippen LogP contribution in [0.2, 0.25) is 0 Å². The van der Waals surface area contributed by atoms with E-state index in [9.17, 15) is 9.59 Å². The van der Waals surface area contributed by atoms with E-state index in [0.29, 0.717) is 23.5 Å². The third kappa shape index (κ3) is 4.33. The van der Waals surface area contributed by atoms with Crippen LogP contribution < -0.4 is 20.2 Å². The highest BCUT2D eigenvalue weighted by atomic mass is 79.9. The summed E-state index contributed by atoms with van der Waals surface area (Å²) in [6, 6.07) is 12.3. The Bertz CT molecular complexity index is 841. The summed E-state index contributed by atoms with van der Waals surface area (Å²) in [5, 5.41) is 4.57. The average molecular weight is 434 g/mol. The zero-order chi connectivity index (χ0) is 19.4. The quantitative estimate of drug-likeness (QED) is 0.730. The number of fused-ring (bicyclic) bond motifs is 1. The van der Waals surface area contributed by atoms with Crippen molar-refractivity contribution in [3.8, 4) is 11.5 Å². The van der Waals surface area contributed by atoms with Crippen molar-refractivity contribution < 1.29 is 19.1 Å². The predicted molar refractivity (Wildman–Crippen MR) is 105 cm³/mol. The average Bonchev–Trinajstić information content (AvgIpc) is 2.69. The number of amides is 2. The lowest BCUT2D eigenvalue weighted by Gasteiger charge is -2.37. The first-order valence-corrected chi connectivity index (χ1v) is 9.27. The summed E-state index contributed by atoms with van der Waals surface area (Å²) >= 11 is 3.37. The maximum Gasteiger partial charge on any atom is 0.276 e. The summed E-state index contributed by atoms with van der Waals surface area (Å²) in [5.74, 6) is 0.551. The number of nitrogens with zero attached hydrogens (tertiary/aromatic N) is 1. The molecule has 2 aromatic rings. The van der Waals surface area contributed by atoms with Crippen LogP contribution >= 0.6 is 15.9 Å². The Morgan fingerprint density at radius 1 is 1.22 bits per heavy atom. The Balaban J connectivity index is 1.65. The molecule has 142 valence electrons. The second kappa shape index (κ2) is 8.30. The van der Waals surface area contributed by atoms with Crippen LogP contribution in [0.25, 0.3) is 0 Å². The number of ether oxygens (including phenoxy) is 2. The number of methoxy groups -OCH3 is 1. The van der Waals surface area contributed by atoms with Gasteiger partial charge in [-0.2, -0.15) is 0 Å². The third-order valence-corrected chi connectivity index (χ3v) is 4.62. The molecule has 1 atom stereocenters. The second-order valence-corrected chi connectivity index (χ2v) is 6.85. The standard InChI is InChI=1S/C19H20BrN3O4/c1-3-17-21-16-9-4-12(20)10-15(16)19(25)23(17)22-18(24)11-27-14-7-5-13(26-2)6-8-14/h4-10,17,21H,3,11H2,1-2H3,(H,22,24). The van der Waals surface area contributed by atoms with E-state index in [1.54, 1.807) is 37.4 Å². The molecule has 2 N–H and O–H groups in total. The molecular weight excluding hydrogens is 414 g/mol. The highest BCUT2D eigenvalue weighted by Crippen LogP contribution is 2.28. The Kier molecular flexibility index (Phi) is 5.85. The van der Waals surface area contributed by atoms with Gasteiger partial charge in [-0.3, -0.25) is 15.0 Å². The van der Waals surface area contributed by atoms with Gasteiger partial charge in [-0.1, -0.05) is 22.9 Å². The van der Waals surface area contributed by atoms with Gasteiger partial charge in [-0.15, -0.1) is 0 Å². The van der Waals surface area contributed by atoms with Crippen LogP contribution in [-0.4, -0.2) is 36.7 Å². The third-order valence-electron chi connectivity index (χ3n) is 4.13. The fourth-order valence-electron chi connectivity index (χ4n) is 2.74. The van der Waals surface area contributed by atoms with Gasteiger partial charge in [0.1, 0.15) is 17.7 Å². The molecular formula is C19H20BrN3O4. The molecule has 0 saturated heterocycles. The Hall–Kier alpha value is -2.74. The molecule has 1 aliphatic rings. The molecule has 8 heteroatoms. The van der Waals surface area contributed by atoms with Gasteiger partial charge < -0.3 is 14.8 Å². The molecule has 0 bridgehead atoms. The Morgan fingerprint density at radius 3 is 2.59 bits per heavy atom. The van der Waals surface area contributed by atoms with Gasteiger partial charge in [0.05, 0.1) is 12.7 Å². The number of nitrogens with one attached hydrogen (secondary N) is 2. The maximum absolute atomic E-state index is 12.8. The van der Waals surface area contributed by atoms with Crippen molar-refractivity contribution in [2.75, 3.05) is 19.0 Å². The summed E-state index contributed by atoms with van der Waals surface area (Å²) in [7, 11) is 1.58. The van der Waals surface area contributed by atoms with Gasteiger partial charge >= 0.3 is 0 Å². The minimum Gasteiger partial charge on any atom is -0.497 e. The molecule has 3 rings (SSSR count). The lowest BCUT2D eigenvalue weighted by Crippen LogP contribution is -2.57. The minimum absolute atomic E-state index is 0.210. The summed E-state index contributed by atoms with van der Waals surface area (Å²) in [6.07, 6.45) is 0.289. The van der Waals surface area contributed by atoms with Crippen LogP contribution in [0.3, 0.4) is 0 Å². The number of carbonyl (C=O) groups excluding carboxylic acids is 2. The minimum atomic E-state index is -0.419. The number of benzene rings is 2. The molecule has 0 aromatic heterocycles. The molecule has 1 aliphatic heterocycles. The van der Waals surface area contributed by atoms with Gasteiger partial charge in [0.25, 0.3) is 11.8 Å². The lowest BCUT2D eigenvalue weighted by molar-refractivity contribution is -0.127. The van der Waals surface area contributed by atoms with Crippen LogP contribution in [0.1, 0.15) is 23.7 Å². The van der Waals surface area contributed by atoms with Gasteiger partial charge in [-0.05, 0) is 48.9 Å². The first kappa shape index (κ1) is 19.0. The molecule has 2 amide bonds. The van der Waals surface area contributed by atoms with Gasteiger partial charge in [0.15, 0.2) is 6.61 Å². The number of hydrogen-bond donors (Lipinski definition) is 2. The molecule has 2 aromatic carbocycles. The summed E-state index contributed by atoms with van der Waals surface area (Å²) in [6.45, 7) is 1.72. The Labute approximate surface area is 165 Å². The van der Waals surface area contributed by atoms with Gasteiger partial charge in [-0.25, -0.2) is 5.01 Å². The van der Waals surface area contributed by atoms with Crippen LogP contribution in [0.5, 0.6) is 11.5 Å². The maximum atomic E-state index is 12.8. The van der Waals surface area contributed by atoms with E-state index in [1.165, 1.54) is 5.01 Å². The summed E-state index contributed by atoms with van der Waals surface area (Å²) in [5.41, 5.74) is 3.88. The molecule has 1 heterocycles. The zero-order valence-electron chi connectivity index (χ0n) is 15.0. The lowest BCUT2D eigenvalue weighted by atomic mass is 10.1. The molecule has 0 fully saturated rings. The second-order valence-electron chi connectivity index (χ2n) is 5.93. The van der Waals surface area contributed by atoms with E-state index in [2.05, 4.69) is 26.7 Å². The first-order valence-electron chi connectivity index (χ1n) is 8.47. The van der Waals surface area contributed by atoms with Crippen molar-refractivity contribution in [3.05, 3.63) is 52.5 Å². The van der Waals surface area contributed by atoms with Crippen molar-refractivity contribution in [1.82, 2.24) is 10.4 Å². The SMILES string of the molecule is CCC1Nc2ccc(Br)cc2C(=O)N1NC(=O)COc1ccc(OC)cc1. The number of halogens is 1. The van der Waals surface area contributed by atoms with Crippen LogP contribution in [0.4, 0.5) is 5.69 Å². The largest absolute Gasteiger partial charge is 0.497 e. The zero-order valence-corrected chi connectivity index (χ0v) is 16.6. The van der Waals surface area contributed by atoms with Crippen molar-refractivity contribution in [2.24, 2.45) is 0 Å². The van der Waals surface area contributed by atoms with E-state index in [1.807, 2.05) is 19.1 Å². The Morgan fingerprint density at radius 2 is 1.93 bits per heavy atom. The number of rotatable bonds is 6. The molecule has 7 nitrogen and oxygen atoms in total. The summed E-state index contributed by atoms with van der Waals surface area (Å²) < 4.78 is 11.3. The number of hydrazine groups is 1. The molecule has 0 aliphatic carbocycles. The molecule has 0 saturated carbocycles. The number of anilines is 1. The molecule has 27 heavy (non-hydrogen) atoms. The number of carbonyl (C=O) groups is 2. The van der Waals surface area contributed by atoms with Crippen LogP contribution in [0, 0.1) is 0 Å². The van der Waals surface area contributed by atoms with Crippen molar-refractivity contribution in [1.29, 1.82) is 0 Å². The topological polar surface area (TPSA) is 79.9 Å². The molecule has 0 spiro atoms. The van der Waals surface area contributed by atoms with E-state index >= 15 is 0 Å². The highest BCUT2D eigenvalue weighted by Gasteiger charge is 2.32. The fourth-order valence-corrected chi connectivity index (χ4v) is 3.10. The fraction of sp³-hybridized carbons (Fsp3) is 0.263. The first-order chi connectivity index (χ1) is 13.0. The molecule has 0 radical (unpaired) electrons. The van der Waals surface area contributed by atoms with Crippen molar-refractivity contribution >= 4 is 33.4 Å². The predicted octanol–water partition coefficient (Wildman–Crippen LogP) is 3.17. The van der Waals surface area contributed by atoms with Crippen molar-refractivity contribution in [3.63, 3.8) is 0 Å². The summed E-state index contributed by atoms with van der Waals surface area (Å²) in [4.78, 5) is 25.1. The normalized spacial score (nSPS) is 15.6. The smallest absolute Gasteiger partial charge is 0.276 e. The highest BCUT2D eigenvalue weighted by molar-refractivity contribution is 9.10. The number of hydrogen-bond acceptors (Lipinski definition) is 5. The van der Waals surface area contributed by atoms with E-state index in [-0.39, 0.29) is 18.7 Å². The monoisotopic (exact) mass is 433 g/mol. The van der Waals surface area contributed by atoms with Crippen molar-refractivity contribution in [2.45, 2.75) is 19.5 Å². The van der Waals surface area contributed by atoms with Crippen LogP contribution in [-0.2, 0) is 4.79 Å². The van der Waals surface area contributed by atoms with Gasteiger partial charge in [0, 0.05) is 10.2 Å². The van der Waals surface area contributed by atoms with E-state index in [4.69, 9.17) is 9.47 Å². The van der Waals surface area contributed by atoms with Crippen LogP contribution in [0.15, 0.2) is 46.9 Å².